The van der Waals surface area contributed by atoms with Gasteiger partial charge in [-0.15, -0.1) is 0 Å². The van der Waals surface area contributed by atoms with Crippen LogP contribution < -0.4 is 4.90 Å². The van der Waals surface area contributed by atoms with E-state index in [9.17, 15) is 9.59 Å². The maximum Gasteiger partial charge on any atom is 0.321 e. The average molecular weight is 262 g/mol. The van der Waals surface area contributed by atoms with E-state index in [-0.39, 0.29) is 5.91 Å². The maximum absolute atomic E-state index is 12.6. The van der Waals surface area contributed by atoms with Gasteiger partial charge in [0.15, 0.2) is 0 Å². The summed E-state index contributed by atoms with van der Waals surface area (Å²) in [4.78, 5) is 30.3. The highest BCUT2D eigenvalue weighted by Crippen LogP contribution is 2.38. The third-order valence-electron chi connectivity index (χ3n) is 3.66. The van der Waals surface area contributed by atoms with Gasteiger partial charge in [0.05, 0.1) is 6.61 Å². The highest BCUT2D eigenvalue weighted by Gasteiger charge is 2.52. The van der Waals surface area contributed by atoms with E-state index < -0.39 is 11.4 Å². The van der Waals surface area contributed by atoms with Crippen LogP contribution in [0, 0.1) is 5.41 Å². The lowest BCUT2D eigenvalue weighted by Crippen LogP contribution is -2.41. The van der Waals surface area contributed by atoms with E-state index in [0.717, 1.165) is 5.69 Å². The molecule has 1 aromatic heterocycles. The zero-order valence-corrected chi connectivity index (χ0v) is 11.3. The van der Waals surface area contributed by atoms with Crippen molar-refractivity contribution in [2.45, 2.75) is 26.7 Å². The van der Waals surface area contributed by atoms with E-state index in [4.69, 9.17) is 4.74 Å². The zero-order chi connectivity index (χ0) is 13.9. The van der Waals surface area contributed by atoms with Crippen LogP contribution in [-0.4, -0.2) is 30.0 Å². The fourth-order valence-corrected chi connectivity index (χ4v) is 2.47. The molecule has 2 heterocycles. The lowest BCUT2D eigenvalue weighted by atomic mass is 9.83. The van der Waals surface area contributed by atoms with Crippen LogP contribution in [0.15, 0.2) is 24.5 Å². The Morgan fingerprint density at radius 3 is 2.68 bits per heavy atom. The first kappa shape index (κ1) is 13.5. The third-order valence-corrected chi connectivity index (χ3v) is 3.66. The van der Waals surface area contributed by atoms with E-state index in [1.54, 1.807) is 36.4 Å². The van der Waals surface area contributed by atoms with E-state index in [2.05, 4.69) is 4.98 Å². The molecule has 0 aliphatic carbocycles. The van der Waals surface area contributed by atoms with Gasteiger partial charge in [-0.25, -0.2) is 0 Å². The molecule has 0 spiro atoms. The van der Waals surface area contributed by atoms with Crippen molar-refractivity contribution in [1.82, 2.24) is 4.98 Å². The van der Waals surface area contributed by atoms with Gasteiger partial charge in [0.1, 0.15) is 5.41 Å². The fraction of sp³-hybridized carbons (Fsp3) is 0.500. The Bertz CT molecular complexity index is 475. The summed E-state index contributed by atoms with van der Waals surface area (Å²) < 4.78 is 5.08. The molecule has 1 unspecified atom stereocenters. The molecule has 102 valence electrons. The highest BCUT2D eigenvalue weighted by atomic mass is 16.5. The van der Waals surface area contributed by atoms with E-state index in [1.807, 2.05) is 6.92 Å². The number of hydrogen-bond acceptors (Lipinski definition) is 4. The number of esters is 1. The smallest absolute Gasteiger partial charge is 0.321 e. The van der Waals surface area contributed by atoms with Crippen molar-refractivity contribution in [1.29, 1.82) is 0 Å². The summed E-state index contributed by atoms with van der Waals surface area (Å²) in [7, 11) is 0. The predicted molar refractivity (Wildman–Crippen MR) is 70.6 cm³/mol. The molecule has 2 rings (SSSR count). The minimum absolute atomic E-state index is 0.167. The van der Waals surface area contributed by atoms with Crippen molar-refractivity contribution < 1.29 is 14.3 Å². The van der Waals surface area contributed by atoms with Crippen LogP contribution in [0.1, 0.15) is 26.7 Å². The highest BCUT2D eigenvalue weighted by molar-refractivity contribution is 6.12. The first-order valence-electron chi connectivity index (χ1n) is 6.55. The molecule has 1 aliphatic heterocycles. The molecule has 0 radical (unpaired) electrons. The van der Waals surface area contributed by atoms with Gasteiger partial charge in [0.25, 0.3) is 0 Å². The molecule has 1 aromatic rings. The minimum Gasteiger partial charge on any atom is -0.465 e. The molecule has 1 amide bonds. The fourth-order valence-electron chi connectivity index (χ4n) is 2.47. The summed E-state index contributed by atoms with van der Waals surface area (Å²) in [6.45, 7) is 4.44. The predicted octanol–water partition coefficient (Wildman–Crippen LogP) is 1.78. The molecule has 1 fully saturated rings. The Balaban J connectivity index is 2.27. The average Bonchev–Trinajstić information content (AvgIpc) is 2.78. The molecular weight excluding hydrogens is 244 g/mol. The molecule has 5 heteroatoms. The molecule has 0 N–H and O–H groups in total. The standard InChI is InChI=1S/C14H18N2O3/c1-3-14(13(18)19-4-2)7-10-16(12(14)17)11-5-8-15-9-6-11/h5-6,8-9H,3-4,7,10H2,1-2H3. The number of amides is 1. The quantitative estimate of drug-likeness (QED) is 0.613. The summed E-state index contributed by atoms with van der Waals surface area (Å²) in [5.74, 6) is -0.571. The Morgan fingerprint density at radius 1 is 1.42 bits per heavy atom. The molecule has 19 heavy (non-hydrogen) atoms. The van der Waals surface area contributed by atoms with Crippen molar-refractivity contribution in [2.75, 3.05) is 18.1 Å². The van der Waals surface area contributed by atoms with Crippen molar-refractivity contribution in [3.05, 3.63) is 24.5 Å². The summed E-state index contributed by atoms with van der Waals surface area (Å²) in [6, 6.07) is 3.55. The largest absolute Gasteiger partial charge is 0.465 e. The van der Waals surface area contributed by atoms with Gasteiger partial charge >= 0.3 is 5.97 Å². The lowest BCUT2D eigenvalue weighted by molar-refractivity contribution is -0.158. The monoisotopic (exact) mass is 262 g/mol. The summed E-state index contributed by atoms with van der Waals surface area (Å²) in [6.07, 6.45) is 4.24. The molecule has 1 saturated heterocycles. The number of nitrogens with zero attached hydrogens (tertiary/aromatic N) is 2. The number of hydrogen-bond donors (Lipinski definition) is 0. The Hall–Kier alpha value is -1.91. The second kappa shape index (κ2) is 5.38. The van der Waals surface area contributed by atoms with Crippen LogP contribution in [-0.2, 0) is 14.3 Å². The Kier molecular flexibility index (Phi) is 3.83. The Morgan fingerprint density at radius 2 is 2.11 bits per heavy atom. The maximum atomic E-state index is 12.6. The van der Waals surface area contributed by atoms with Gasteiger partial charge in [-0.1, -0.05) is 6.92 Å². The first-order valence-corrected chi connectivity index (χ1v) is 6.55. The van der Waals surface area contributed by atoms with Crippen LogP contribution in [0.25, 0.3) is 0 Å². The Labute approximate surface area is 112 Å². The first-order chi connectivity index (χ1) is 9.15. The number of carbonyl (C=O) groups is 2. The number of ether oxygens (including phenoxy) is 1. The van der Waals surface area contributed by atoms with Crippen LogP contribution >= 0.6 is 0 Å². The summed E-state index contributed by atoms with van der Waals surface area (Å²) >= 11 is 0. The summed E-state index contributed by atoms with van der Waals surface area (Å²) in [5, 5.41) is 0. The van der Waals surface area contributed by atoms with Gasteiger partial charge in [-0.05, 0) is 31.9 Å². The number of aromatic nitrogens is 1. The van der Waals surface area contributed by atoms with Crippen LogP contribution in [0.4, 0.5) is 5.69 Å². The van der Waals surface area contributed by atoms with Gasteiger partial charge in [0, 0.05) is 24.6 Å². The van der Waals surface area contributed by atoms with Gasteiger partial charge in [0.2, 0.25) is 5.91 Å². The number of rotatable bonds is 4. The second-order valence-corrected chi connectivity index (χ2v) is 4.57. The van der Waals surface area contributed by atoms with Crippen LogP contribution in [0.2, 0.25) is 0 Å². The van der Waals surface area contributed by atoms with Gasteiger partial charge in [-0.2, -0.15) is 0 Å². The molecule has 0 bridgehead atoms. The molecule has 5 nitrogen and oxygen atoms in total. The van der Waals surface area contributed by atoms with Gasteiger partial charge < -0.3 is 9.64 Å². The molecule has 0 aromatic carbocycles. The van der Waals surface area contributed by atoms with Crippen LogP contribution in [0.3, 0.4) is 0 Å². The number of pyridine rings is 1. The lowest BCUT2D eigenvalue weighted by Gasteiger charge is -2.24. The zero-order valence-electron chi connectivity index (χ0n) is 11.3. The van der Waals surface area contributed by atoms with E-state index in [0.29, 0.717) is 26.0 Å². The third kappa shape index (κ3) is 2.20. The molecular formula is C14H18N2O3. The normalized spacial score (nSPS) is 22.6. The van der Waals surface area contributed by atoms with E-state index >= 15 is 0 Å². The van der Waals surface area contributed by atoms with Crippen LogP contribution in [0.5, 0.6) is 0 Å². The van der Waals surface area contributed by atoms with Crippen molar-refractivity contribution in [3.63, 3.8) is 0 Å². The number of carbonyl (C=O) groups excluding carboxylic acids is 2. The van der Waals surface area contributed by atoms with E-state index in [1.165, 1.54) is 0 Å². The van der Waals surface area contributed by atoms with Crippen molar-refractivity contribution in [2.24, 2.45) is 5.41 Å². The molecule has 1 atom stereocenters. The van der Waals surface area contributed by atoms with Crippen molar-refractivity contribution >= 4 is 17.6 Å². The second-order valence-electron chi connectivity index (χ2n) is 4.57. The van der Waals surface area contributed by atoms with Gasteiger partial charge in [-0.3, -0.25) is 14.6 Å². The molecule has 0 saturated carbocycles. The minimum atomic E-state index is -1.01. The molecule has 1 aliphatic rings. The number of anilines is 1. The van der Waals surface area contributed by atoms with Crippen molar-refractivity contribution in [3.8, 4) is 0 Å². The SMILES string of the molecule is CCOC(=O)C1(CC)CCN(c2ccncc2)C1=O. The topological polar surface area (TPSA) is 59.5 Å². The summed E-state index contributed by atoms with van der Waals surface area (Å²) in [5.41, 5.74) is -0.237.